The van der Waals surface area contributed by atoms with E-state index in [-0.39, 0.29) is 11.7 Å². The van der Waals surface area contributed by atoms with Gasteiger partial charge in [0.15, 0.2) is 5.78 Å². The van der Waals surface area contributed by atoms with Gasteiger partial charge in [-0.2, -0.15) is 4.68 Å². The molecule has 1 atom stereocenters. The summed E-state index contributed by atoms with van der Waals surface area (Å²) in [6.07, 6.45) is 0. The van der Waals surface area contributed by atoms with Crippen molar-refractivity contribution < 1.29 is 14.3 Å². The van der Waals surface area contributed by atoms with Crippen LogP contribution in [0.25, 0.3) is 5.69 Å². The van der Waals surface area contributed by atoms with Gasteiger partial charge in [0.25, 0.3) is 0 Å². The van der Waals surface area contributed by atoms with Crippen LogP contribution in [0.1, 0.15) is 29.8 Å². The summed E-state index contributed by atoms with van der Waals surface area (Å²) in [5.74, 6) is 0.411. The van der Waals surface area contributed by atoms with E-state index in [0.29, 0.717) is 27.8 Å². The highest BCUT2D eigenvalue weighted by Gasteiger charge is 2.21. The lowest BCUT2D eigenvalue weighted by molar-refractivity contribution is -0.115. The zero-order chi connectivity index (χ0) is 21.0. The second-order valence-electron chi connectivity index (χ2n) is 6.43. The summed E-state index contributed by atoms with van der Waals surface area (Å²) in [6, 6.07) is 12.5. The fraction of sp³-hybridized carbons (Fsp3) is 0.250. The molecule has 3 aromatic rings. The molecule has 3 rings (SSSR count). The third kappa shape index (κ3) is 4.80. The van der Waals surface area contributed by atoms with Gasteiger partial charge in [0, 0.05) is 11.3 Å². The lowest BCUT2D eigenvalue weighted by atomic mass is 10.1. The Balaban J connectivity index is 1.74. The van der Waals surface area contributed by atoms with E-state index in [1.165, 1.54) is 18.7 Å². The number of hydrogen-bond donors (Lipinski definition) is 1. The maximum Gasteiger partial charge on any atom is 0.237 e. The predicted octanol–water partition coefficient (Wildman–Crippen LogP) is 3.30. The SMILES string of the molecule is COc1ccc(C)cc1-n1nnnc1S[C@@H](C)C(=O)Nc1ccc(C(C)=O)cc1. The first-order chi connectivity index (χ1) is 13.9. The van der Waals surface area contributed by atoms with Gasteiger partial charge in [0.05, 0.1) is 12.4 Å². The van der Waals surface area contributed by atoms with E-state index in [1.807, 2.05) is 25.1 Å². The number of nitrogens with one attached hydrogen (secondary N) is 1. The number of anilines is 1. The standard InChI is InChI=1S/C20H21N5O3S/c1-12-5-10-18(28-4)17(11-12)25-20(22-23-24-25)29-14(3)19(27)21-16-8-6-15(7-9-16)13(2)26/h5-11,14H,1-4H3,(H,21,27)/t14-/m0/s1. The minimum atomic E-state index is -0.456. The smallest absolute Gasteiger partial charge is 0.237 e. The van der Waals surface area contributed by atoms with Crippen molar-refractivity contribution in [2.75, 3.05) is 12.4 Å². The average Bonchev–Trinajstić information content (AvgIpc) is 3.16. The van der Waals surface area contributed by atoms with Gasteiger partial charge in [-0.1, -0.05) is 17.8 Å². The number of thioether (sulfide) groups is 1. The lowest BCUT2D eigenvalue weighted by Gasteiger charge is -2.13. The minimum Gasteiger partial charge on any atom is -0.494 e. The Morgan fingerprint density at radius 2 is 1.90 bits per heavy atom. The van der Waals surface area contributed by atoms with Gasteiger partial charge >= 0.3 is 0 Å². The van der Waals surface area contributed by atoms with Crippen molar-refractivity contribution in [3.63, 3.8) is 0 Å². The summed E-state index contributed by atoms with van der Waals surface area (Å²) in [6.45, 7) is 5.24. The number of ether oxygens (including phenoxy) is 1. The molecule has 1 aromatic heterocycles. The number of tetrazole rings is 1. The molecule has 1 amide bonds. The van der Waals surface area contributed by atoms with Gasteiger partial charge in [-0.3, -0.25) is 9.59 Å². The first-order valence-corrected chi connectivity index (χ1v) is 9.79. The van der Waals surface area contributed by atoms with Crippen LogP contribution in [0.15, 0.2) is 47.6 Å². The van der Waals surface area contributed by atoms with Gasteiger partial charge in [0.2, 0.25) is 11.1 Å². The van der Waals surface area contributed by atoms with E-state index in [1.54, 1.807) is 43.0 Å². The largest absolute Gasteiger partial charge is 0.494 e. The minimum absolute atomic E-state index is 0.0230. The fourth-order valence-electron chi connectivity index (χ4n) is 2.61. The van der Waals surface area contributed by atoms with Crippen LogP contribution >= 0.6 is 11.8 Å². The molecule has 0 aliphatic carbocycles. The first-order valence-electron chi connectivity index (χ1n) is 8.91. The summed E-state index contributed by atoms with van der Waals surface area (Å²) in [7, 11) is 1.58. The van der Waals surface area contributed by atoms with E-state index in [4.69, 9.17) is 4.74 Å². The molecular weight excluding hydrogens is 390 g/mol. The summed E-state index contributed by atoms with van der Waals surface area (Å²) >= 11 is 1.24. The summed E-state index contributed by atoms with van der Waals surface area (Å²) in [5, 5.41) is 14.7. The van der Waals surface area contributed by atoms with Crippen molar-refractivity contribution in [1.82, 2.24) is 20.2 Å². The van der Waals surface area contributed by atoms with E-state index >= 15 is 0 Å². The van der Waals surface area contributed by atoms with Crippen LogP contribution in [0.5, 0.6) is 5.75 Å². The Morgan fingerprint density at radius 3 is 2.55 bits per heavy atom. The Labute approximate surface area is 172 Å². The molecule has 150 valence electrons. The number of Topliss-reactive ketones (excluding diaryl/α,β-unsaturated/α-hetero) is 1. The van der Waals surface area contributed by atoms with Crippen LogP contribution in [0, 0.1) is 6.92 Å². The number of carbonyl (C=O) groups is 2. The molecule has 0 bridgehead atoms. The Morgan fingerprint density at radius 1 is 1.17 bits per heavy atom. The van der Waals surface area contributed by atoms with Crippen molar-refractivity contribution in [3.05, 3.63) is 53.6 Å². The molecular formula is C20H21N5O3S. The predicted molar refractivity (Wildman–Crippen MR) is 111 cm³/mol. The van der Waals surface area contributed by atoms with Crippen LogP contribution in [0.2, 0.25) is 0 Å². The summed E-state index contributed by atoms with van der Waals surface area (Å²) in [5.41, 5.74) is 2.95. The van der Waals surface area contributed by atoms with Gasteiger partial charge in [0.1, 0.15) is 11.4 Å². The molecule has 8 nitrogen and oxygen atoms in total. The number of carbonyl (C=O) groups excluding carboxylic acids is 2. The van der Waals surface area contributed by atoms with Crippen molar-refractivity contribution in [2.24, 2.45) is 0 Å². The van der Waals surface area contributed by atoms with Crippen molar-refractivity contribution in [1.29, 1.82) is 0 Å². The highest BCUT2D eigenvalue weighted by atomic mass is 32.2. The molecule has 0 unspecified atom stereocenters. The van der Waals surface area contributed by atoms with Crippen molar-refractivity contribution in [3.8, 4) is 11.4 Å². The molecule has 29 heavy (non-hydrogen) atoms. The summed E-state index contributed by atoms with van der Waals surface area (Å²) in [4.78, 5) is 23.9. The fourth-order valence-corrected chi connectivity index (χ4v) is 3.41. The topological polar surface area (TPSA) is 99.0 Å². The Kier molecular flexibility index (Phi) is 6.28. The molecule has 0 fully saturated rings. The van der Waals surface area contributed by atoms with Crippen molar-refractivity contribution >= 4 is 29.1 Å². The molecule has 2 aromatic carbocycles. The number of benzene rings is 2. The van der Waals surface area contributed by atoms with Crippen LogP contribution in [-0.2, 0) is 4.79 Å². The maximum atomic E-state index is 12.6. The third-order valence-corrected chi connectivity index (χ3v) is 5.25. The third-order valence-electron chi connectivity index (χ3n) is 4.21. The average molecular weight is 411 g/mol. The molecule has 0 aliphatic heterocycles. The quantitative estimate of drug-likeness (QED) is 0.470. The second kappa shape index (κ2) is 8.87. The van der Waals surface area contributed by atoms with Crippen LogP contribution < -0.4 is 10.1 Å². The molecule has 9 heteroatoms. The molecule has 1 heterocycles. The number of nitrogens with zero attached hydrogens (tertiary/aromatic N) is 4. The van der Waals surface area contributed by atoms with Crippen LogP contribution in [0.4, 0.5) is 5.69 Å². The number of methoxy groups -OCH3 is 1. The van der Waals surface area contributed by atoms with E-state index in [2.05, 4.69) is 20.8 Å². The number of amides is 1. The number of aryl methyl sites for hydroxylation is 1. The van der Waals surface area contributed by atoms with E-state index < -0.39 is 5.25 Å². The normalized spacial score (nSPS) is 11.7. The second-order valence-corrected chi connectivity index (χ2v) is 7.74. The molecule has 0 aliphatic rings. The first kappa shape index (κ1) is 20.5. The summed E-state index contributed by atoms with van der Waals surface area (Å²) < 4.78 is 6.97. The number of rotatable bonds is 7. The molecule has 0 saturated carbocycles. The van der Waals surface area contributed by atoms with E-state index in [9.17, 15) is 9.59 Å². The molecule has 0 spiro atoms. The monoisotopic (exact) mass is 411 g/mol. The number of aromatic nitrogens is 4. The Hall–Kier alpha value is -3.20. The number of ketones is 1. The Bertz CT molecular complexity index is 1030. The van der Waals surface area contributed by atoms with Crippen LogP contribution in [-0.4, -0.2) is 44.3 Å². The van der Waals surface area contributed by atoms with Gasteiger partial charge in [-0.25, -0.2) is 0 Å². The molecule has 0 saturated heterocycles. The maximum absolute atomic E-state index is 12.6. The number of hydrogen-bond acceptors (Lipinski definition) is 7. The highest BCUT2D eigenvalue weighted by Crippen LogP contribution is 2.29. The molecule has 0 radical (unpaired) electrons. The van der Waals surface area contributed by atoms with E-state index in [0.717, 1.165) is 5.56 Å². The van der Waals surface area contributed by atoms with Gasteiger partial charge < -0.3 is 10.1 Å². The van der Waals surface area contributed by atoms with Crippen molar-refractivity contribution in [2.45, 2.75) is 31.2 Å². The zero-order valence-corrected chi connectivity index (χ0v) is 17.4. The van der Waals surface area contributed by atoms with Gasteiger partial charge in [-0.05, 0) is 73.2 Å². The van der Waals surface area contributed by atoms with Crippen LogP contribution in [0.3, 0.4) is 0 Å². The molecule has 1 N–H and O–H groups in total. The zero-order valence-electron chi connectivity index (χ0n) is 16.5. The highest BCUT2D eigenvalue weighted by molar-refractivity contribution is 8.00. The van der Waals surface area contributed by atoms with Gasteiger partial charge in [-0.15, -0.1) is 5.10 Å². The lowest BCUT2D eigenvalue weighted by Crippen LogP contribution is -2.23.